The summed E-state index contributed by atoms with van der Waals surface area (Å²) in [7, 11) is 0. The zero-order valence-corrected chi connectivity index (χ0v) is 11.0. The Labute approximate surface area is 103 Å². The smallest absolute Gasteiger partial charge is 0.326 e. The molecular formula is C14H21NO2. The largest absolute Gasteiger partial charge is 0.480 e. The number of aliphatic carboxylic acids is 1. The van der Waals surface area contributed by atoms with Gasteiger partial charge in [0, 0.05) is 12.2 Å². The van der Waals surface area contributed by atoms with Crippen molar-refractivity contribution in [3.8, 4) is 0 Å². The highest BCUT2D eigenvalue weighted by Gasteiger charge is 2.21. The minimum absolute atomic E-state index is 0.490. The number of rotatable bonds is 5. The van der Waals surface area contributed by atoms with Crippen LogP contribution in [0.2, 0.25) is 0 Å². The average Bonchev–Trinajstić information content (AvgIpc) is 2.28. The Hall–Kier alpha value is -1.51. The summed E-state index contributed by atoms with van der Waals surface area (Å²) >= 11 is 0. The molecule has 0 bridgehead atoms. The van der Waals surface area contributed by atoms with Gasteiger partial charge in [-0.25, -0.2) is 4.79 Å². The molecule has 3 heteroatoms. The van der Waals surface area contributed by atoms with Crippen LogP contribution in [0.5, 0.6) is 0 Å². The van der Waals surface area contributed by atoms with Crippen LogP contribution in [-0.2, 0) is 4.79 Å². The van der Waals surface area contributed by atoms with E-state index in [1.165, 1.54) is 0 Å². The number of nitrogens with zero attached hydrogens (tertiary/aromatic N) is 1. The second-order valence-corrected chi connectivity index (χ2v) is 4.50. The molecule has 0 radical (unpaired) electrons. The van der Waals surface area contributed by atoms with Gasteiger partial charge in [0.2, 0.25) is 0 Å². The van der Waals surface area contributed by atoms with Crippen molar-refractivity contribution in [2.75, 3.05) is 11.4 Å². The summed E-state index contributed by atoms with van der Waals surface area (Å²) in [5.74, 6) is -0.778. The molecule has 0 unspecified atom stereocenters. The number of aryl methyl sites for hydroxylation is 2. The zero-order chi connectivity index (χ0) is 13.0. The first kappa shape index (κ1) is 13.6. The SMILES string of the molecule is CCCN(c1cc(C)ccc1C)[C@H](C)C(=O)O. The molecule has 1 atom stereocenters. The number of hydrogen-bond donors (Lipinski definition) is 1. The molecule has 0 spiro atoms. The lowest BCUT2D eigenvalue weighted by Gasteiger charge is -2.30. The quantitative estimate of drug-likeness (QED) is 0.853. The maximum atomic E-state index is 11.1. The first-order valence-electron chi connectivity index (χ1n) is 6.04. The molecule has 1 N–H and O–H groups in total. The van der Waals surface area contributed by atoms with Gasteiger partial charge in [0.25, 0.3) is 0 Å². The van der Waals surface area contributed by atoms with Gasteiger partial charge in [-0.15, -0.1) is 0 Å². The summed E-state index contributed by atoms with van der Waals surface area (Å²) in [6.45, 7) is 8.61. The molecule has 0 saturated heterocycles. The van der Waals surface area contributed by atoms with Crippen LogP contribution in [0, 0.1) is 13.8 Å². The van der Waals surface area contributed by atoms with Crippen LogP contribution in [0.3, 0.4) is 0 Å². The van der Waals surface area contributed by atoms with Crippen molar-refractivity contribution < 1.29 is 9.90 Å². The minimum atomic E-state index is -0.778. The lowest BCUT2D eigenvalue weighted by atomic mass is 10.1. The third-order valence-corrected chi connectivity index (χ3v) is 2.96. The number of benzene rings is 1. The van der Waals surface area contributed by atoms with E-state index in [0.29, 0.717) is 0 Å². The first-order valence-corrected chi connectivity index (χ1v) is 6.04. The molecule has 0 heterocycles. The number of carbonyl (C=O) groups is 1. The summed E-state index contributed by atoms with van der Waals surface area (Å²) in [6.07, 6.45) is 0.936. The highest BCUT2D eigenvalue weighted by molar-refractivity contribution is 5.78. The third kappa shape index (κ3) is 3.22. The summed E-state index contributed by atoms with van der Waals surface area (Å²) < 4.78 is 0. The molecule has 0 aliphatic heterocycles. The molecule has 94 valence electrons. The highest BCUT2D eigenvalue weighted by atomic mass is 16.4. The first-order chi connectivity index (χ1) is 7.97. The fraction of sp³-hybridized carbons (Fsp3) is 0.500. The van der Waals surface area contributed by atoms with Crippen molar-refractivity contribution in [1.82, 2.24) is 0 Å². The van der Waals surface area contributed by atoms with Crippen LogP contribution < -0.4 is 4.90 Å². The molecule has 1 aromatic carbocycles. The molecule has 0 amide bonds. The maximum absolute atomic E-state index is 11.1. The van der Waals surface area contributed by atoms with E-state index in [9.17, 15) is 4.79 Å². The van der Waals surface area contributed by atoms with E-state index < -0.39 is 12.0 Å². The Morgan fingerprint density at radius 2 is 2.06 bits per heavy atom. The fourth-order valence-electron chi connectivity index (χ4n) is 1.93. The number of carboxylic acids is 1. The monoisotopic (exact) mass is 235 g/mol. The summed E-state index contributed by atoms with van der Waals surface area (Å²) in [4.78, 5) is 13.1. The van der Waals surface area contributed by atoms with E-state index in [1.54, 1.807) is 6.92 Å². The normalized spacial score (nSPS) is 12.2. The van der Waals surface area contributed by atoms with Crippen LogP contribution in [0.1, 0.15) is 31.4 Å². The molecule has 0 aromatic heterocycles. The Bertz CT molecular complexity index is 401. The summed E-state index contributed by atoms with van der Waals surface area (Å²) in [6, 6.07) is 5.66. The van der Waals surface area contributed by atoms with Gasteiger partial charge in [0.05, 0.1) is 0 Å². The molecule has 3 nitrogen and oxygen atoms in total. The second-order valence-electron chi connectivity index (χ2n) is 4.50. The van der Waals surface area contributed by atoms with Crippen molar-refractivity contribution in [3.05, 3.63) is 29.3 Å². The van der Waals surface area contributed by atoms with Gasteiger partial charge in [-0.05, 0) is 44.4 Å². The zero-order valence-electron chi connectivity index (χ0n) is 11.0. The molecule has 0 aliphatic carbocycles. The number of carboxylic acid groups (broad SMARTS) is 1. The lowest BCUT2D eigenvalue weighted by Crippen LogP contribution is -2.40. The third-order valence-electron chi connectivity index (χ3n) is 2.96. The van der Waals surface area contributed by atoms with Gasteiger partial charge >= 0.3 is 5.97 Å². The van der Waals surface area contributed by atoms with Gasteiger partial charge in [0.1, 0.15) is 6.04 Å². The molecular weight excluding hydrogens is 214 g/mol. The van der Waals surface area contributed by atoms with Crippen LogP contribution >= 0.6 is 0 Å². The molecule has 0 aliphatic rings. The number of anilines is 1. The van der Waals surface area contributed by atoms with Crippen molar-refractivity contribution in [1.29, 1.82) is 0 Å². The van der Waals surface area contributed by atoms with E-state index in [0.717, 1.165) is 29.8 Å². The van der Waals surface area contributed by atoms with Gasteiger partial charge in [-0.1, -0.05) is 19.1 Å². The Morgan fingerprint density at radius 3 is 2.59 bits per heavy atom. The Kier molecular flexibility index (Phi) is 4.55. The van der Waals surface area contributed by atoms with Crippen LogP contribution in [-0.4, -0.2) is 23.7 Å². The predicted octanol–water partition coefficient (Wildman–Crippen LogP) is 2.99. The standard InChI is InChI=1S/C14H21NO2/c1-5-8-15(12(4)14(16)17)13-9-10(2)6-7-11(13)3/h6-7,9,12H,5,8H2,1-4H3,(H,16,17)/t12-/m1/s1. The molecule has 1 rings (SSSR count). The molecule has 17 heavy (non-hydrogen) atoms. The van der Waals surface area contributed by atoms with Crippen molar-refractivity contribution in [3.63, 3.8) is 0 Å². The highest BCUT2D eigenvalue weighted by Crippen LogP contribution is 2.23. The van der Waals surface area contributed by atoms with E-state index in [-0.39, 0.29) is 0 Å². The minimum Gasteiger partial charge on any atom is -0.480 e. The average molecular weight is 235 g/mol. The van der Waals surface area contributed by atoms with E-state index in [4.69, 9.17) is 5.11 Å². The van der Waals surface area contributed by atoms with Gasteiger partial charge in [-0.2, -0.15) is 0 Å². The van der Waals surface area contributed by atoms with Crippen LogP contribution in [0.25, 0.3) is 0 Å². The van der Waals surface area contributed by atoms with Crippen molar-refractivity contribution >= 4 is 11.7 Å². The molecule has 1 aromatic rings. The van der Waals surface area contributed by atoms with E-state index in [2.05, 4.69) is 13.0 Å². The maximum Gasteiger partial charge on any atom is 0.326 e. The molecule has 0 fully saturated rings. The van der Waals surface area contributed by atoms with Gasteiger partial charge in [-0.3, -0.25) is 0 Å². The fourth-order valence-corrected chi connectivity index (χ4v) is 1.93. The topological polar surface area (TPSA) is 40.5 Å². The van der Waals surface area contributed by atoms with Crippen molar-refractivity contribution in [2.45, 2.75) is 40.2 Å². The predicted molar refractivity (Wildman–Crippen MR) is 70.7 cm³/mol. The Morgan fingerprint density at radius 1 is 1.41 bits per heavy atom. The number of hydrogen-bond acceptors (Lipinski definition) is 2. The summed E-state index contributed by atoms with van der Waals surface area (Å²) in [5, 5.41) is 9.16. The van der Waals surface area contributed by atoms with E-state index >= 15 is 0 Å². The molecule has 0 saturated carbocycles. The van der Waals surface area contributed by atoms with Crippen LogP contribution in [0.4, 0.5) is 5.69 Å². The Balaban J connectivity index is 3.12. The van der Waals surface area contributed by atoms with Crippen LogP contribution in [0.15, 0.2) is 18.2 Å². The van der Waals surface area contributed by atoms with Gasteiger partial charge < -0.3 is 10.0 Å². The van der Waals surface area contributed by atoms with Gasteiger partial charge in [0.15, 0.2) is 0 Å². The van der Waals surface area contributed by atoms with E-state index in [1.807, 2.05) is 30.9 Å². The van der Waals surface area contributed by atoms with Crippen molar-refractivity contribution in [2.24, 2.45) is 0 Å². The second kappa shape index (κ2) is 5.71. The summed E-state index contributed by atoms with van der Waals surface area (Å²) in [5.41, 5.74) is 3.31. The lowest BCUT2D eigenvalue weighted by molar-refractivity contribution is -0.138.